The van der Waals surface area contributed by atoms with Gasteiger partial charge in [0, 0.05) is 20.6 Å². The van der Waals surface area contributed by atoms with Gasteiger partial charge in [-0.25, -0.2) is 0 Å². The number of aliphatic carboxylic acids is 1. The topological polar surface area (TPSA) is 67.8 Å². The van der Waals surface area contributed by atoms with Crippen molar-refractivity contribution in [2.45, 2.75) is 25.2 Å². The molecule has 0 aliphatic rings. The largest absolute Gasteiger partial charge is 0.480 e. The Morgan fingerprint density at radius 2 is 1.92 bits per heavy atom. The van der Waals surface area contributed by atoms with Gasteiger partial charge in [-0.2, -0.15) is 0 Å². The quantitative estimate of drug-likeness (QED) is 0.557. The third-order valence-corrected chi connectivity index (χ3v) is 1.86. The molecule has 0 saturated heterocycles. The Hall–Kier alpha value is -0.650. The van der Waals surface area contributed by atoms with Gasteiger partial charge in [-0.1, -0.05) is 0 Å². The molecule has 1 atom stereocenters. The molecule has 0 rings (SSSR count). The summed E-state index contributed by atoms with van der Waals surface area (Å²) in [5.74, 6) is -0.853. The first-order chi connectivity index (χ1) is 6.15. The van der Waals surface area contributed by atoms with Crippen LogP contribution in [0.15, 0.2) is 0 Å². The van der Waals surface area contributed by atoms with Crippen molar-refractivity contribution in [3.05, 3.63) is 0 Å². The zero-order valence-corrected chi connectivity index (χ0v) is 8.24. The lowest BCUT2D eigenvalue weighted by molar-refractivity contribution is -0.141. The second-order valence-electron chi connectivity index (χ2n) is 2.66. The summed E-state index contributed by atoms with van der Waals surface area (Å²) in [5, 5.41) is 11.4. The molecule has 0 saturated carbocycles. The van der Waals surface area contributed by atoms with Crippen LogP contribution in [-0.4, -0.2) is 44.7 Å². The molecule has 0 aromatic heterocycles. The molecule has 5 heteroatoms. The Morgan fingerprint density at radius 1 is 1.38 bits per heavy atom. The van der Waals surface area contributed by atoms with Crippen molar-refractivity contribution in [1.82, 2.24) is 5.32 Å². The molecule has 0 aromatic rings. The molecule has 0 aromatic carbocycles. The SMILES string of the molecule is CNC(CCC(OC)OC)C(=O)O. The van der Waals surface area contributed by atoms with Gasteiger partial charge in [-0.3, -0.25) is 4.79 Å². The molecule has 0 radical (unpaired) electrons. The van der Waals surface area contributed by atoms with Gasteiger partial charge in [-0.05, 0) is 13.5 Å². The number of likely N-dealkylation sites (N-methyl/N-ethyl adjacent to an activating group) is 1. The van der Waals surface area contributed by atoms with Crippen LogP contribution < -0.4 is 5.32 Å². The van der Waals surface area contributed by atoms with Gasteiger partial charge in [0.15, 0.2) is 6.29 Å². The summed E-state index contributed by atoms with van der Waals surface area (Å²) in [6, 6.07) is -0.534. The fourth-order valence-electron chi connectivity index (χ4n) is 1.03. The van der Waals surface area contributed by atoms with E-state index in [-0.39, 0.29) is 6.29 Å². The number of nitrogens with one attached hydrogen (secondary N) is 1. The Balaban J connectivity index is 3.76. The zero-order valence-electron chi connectivity index (χ0n) is 8.24. The van der Waals surface area contributed by atoms with Gasteiger partial charge in [0.25, 0.3) is 0 Å². The molecule has 0 bridgehead atoms. The maximum atomic E-state index is 10.6. The van der Waals surface area contributed by atoms with E-state index in [1.54, 1.807) is 7.05 Å². The summed E-state index contributed by atoms with van der Waals surface area (Å²) in [6.45, 7) is 0. The molecular weight excluding hydrogens is 174 g/mol. The number of ether oxygens (including phenoxy) is 2. The Bertz CT molecular complexity index is 147. The van der Waals surface area contributed by atoms with Crippen LogP contribution in [0.25, 0.3) is 0 Å². The van der Waals surface area contributed by atoms with Crippen LogP contribution in [0.3, 0.4) is 0 Å². The molecule has 0 aliphatic heterocycles. The van der Waals surface area contributed by atoms with Crippen LogP contribution in [0.1, 0.15) is 12.8 Å². The number of methoxy groups -OCH3 is 2. The summed E-state index contributed by atoms with van der Waals surface area (Å²) < 4.78 is 9.86. The highest BCUT2D eigenvalue weighted by atomic mass is 16.7. The number of carbonyl (C=O) groups is 1. The highest BCUT2D eigenvalue weighted by Gasteiger charge is 2.16. The summed E-state index contributed by atoms with van der Waals surface area (Å²) in [6.07, 6.45) is 0.721. The van der Waals surface area contributed by atoms with Gasteiger partial charge in [0.2, 0.25) is 0 Å². The van der Waals surface area contributed by atoms with Crippen molar-refractivity contribution in [2.24, 2.45) is 0 Å². The monoisotopic (exact) mass is 191 g/mol. The first-order valence-electron chi connectivity index (χ1n) is 4.11. The van der Waals surface area contributed by atoms with E-state index in [4.69, 9.17) is 14.6 Å². The normalized spacial score (nSPS) is 13.2. The minimum absolute atomic E-state index is 0.324. The molecule has 5 nitrogen and oxygen atoms in total. The molecule has 0 spiro atoms. The predicted molar refractivity (Wildman–Crippen MR) is 47.5 cm³/mol. The Labute approximate surface area is 78.0 Å². The van der Waals surface area contributed by atoms with Crippen LogP contribution in [0.5, 0.6) is 0 Å². The van der Waals surface area contributed by atoms with Crippen LogP contribution in [-0.2, 0) is 14.3 Å². The minimum Gasteiger partial charge on any atom is -0.480 e. The molecule has 0 aliphatic carbocycles. The van der Waals surface area contributed by atoms with Crippen molar-refractivity contribution in [2.75, 3.05) is 21.3 Å². The maximum absolute atomic E-state index is 10.6. The fourth-order valence-corrected chi connectivity index (χ4v) is 1.03. The van der Waals surface area contributed by atoms with E-state index in [0.717, 1.165) is 0 Å². The lowest BCUT2D eigenvalue weighted by Crippen LogP contribution is -2.34. The van der Waals surface area contributed by atoms with E-state index in [9.17, 15) is 4.79 Å². The Kier molecular flexibility index (Phi) is 6.48. The molecular formula is C8H17NO4. The summed E-state index contributed by atoms with van der Waals surface area (Å²) in [7, 11) is 4.68. The zero-order chi connectivity index (χ0) is 10.3. The number of carboxylic acid groups (broad SMARTS) is 1. The van der Waals surface area contributed by atoms with Crippen molar-refractivity contribution < 1.29 is 19.4 Å². The van der Waals surface area contributed by atoms with Crippen molar-refractivity contribution in [1.29, 1.82) is 0 Å². The first kappa shape index (κ1) is 12.3. The second kappa shape index (κ2) is 6.82. The second-order valence-corrected chi connectivity index (χ2v) is 2.66. The summed E-state index contributed by atoms with van der Waals surface area (Å²) in [4.78, 5) is 10.6. The lowest BCUT2D eigenvalue weighted by atomic mass is 10.1. The number of rotatable bonds is 7. The smallest absolute Gasteiger partial charge is 0.320 e. The van der Waals surface area contributed by atoms with Gasteiger partial charge in [-0.15, -0.1) is 0 Å². The minimum atomic E-state index is -0.853. The molecule has 2 N–H and O–H groups in total. The van der Waals surface area contributed by atoms with E-state index < -0.39 is 12.0 Å². The lowest BCUT2D eigenvalue weighted by Gasteiger charge is -2.16. The summed E-state index contributed by atoms with van der Waals surface area (Å²) in [5.41, 5.74) is 0. The fraction of sp³-hybridized carbons (Fsp3) is 0.875. The highest BCUT2D eigenvalue weighted by molar-refractivity contribution is 5.73. The number of hydrogen-bond acceptors (Lipinski definition) is 4. The molecule has 1 unspecified atom stereocenters. The Morgan fingerprint density at radius 3 is 2.23 bits per heavy atom. The molecule has 78 valence electrons. The van der Waals surface area contributed by atoms with E-state index in [1.165, 1.54) is 14.2 Å². The van der Waals surface area contributed by atoms with Gasteiger partial charge >= 0.3 is 5.97 Å². The molecule has 13 heavy (non-hydrogen) atoms. The highest BCUT2D eigenvalue weighted by Crippen LogP contribution is 2.05. The number of carboxylic acids is 1. The molecule has 0 fully saturated rings. The third kappa shape index (κ3) is 4.82. The average molecular weight is 191 g/mol. The van der Waals surface area contributed by atoms with E-state index in [2.05, 4.69) is 5.32 Å². The van der Waals surface area contributed by atoms with Gasteiger partial charge < -0.3 is 19.9 Å². The van der Waals surface area contributed by atoms with E-state index >= 15 is 0 Å². The predicted octanol–water partition coefficient (Wildman–Crippen LogP) is 0.0581. The van der Waals surface area contributed by atoms with E-state index in [0.29, 0.717) is 12.8 Å². The van der Waals surface area contributed by atoms with Crippen molar-refractivity contribution >= 4 is 5.97 Å². The van der Waals surface area contributed by atoms with E-state index in [1.807, 2.05) is 0 Å². The first-order valence-corrected chi connectivity index (χ1v) is 4.11. The van der Waals surface area contributed by atoms with Crippen LogP contribution >= 0.6 is 0 Å². The van der Waals surface area contributed by atoms with Crippen LogP contribution in [0.2, 0.25) is 0 Å². The third-order valence-electron chi connectivity index (χ3n) is 1.86. The maximum Gasteiger partial charge on any atom is 0.320 e. The van der Waals surface area contributed by atoms with Gasteiger partial charge in [0.05, 0.1) is 0 Å². The van der Waals surface area contributed by atoms with Crippen LogP contribution in [0.4, 0.5) is 0 Å². The molecule has 0 amide bonds. The average Bonchev–Trinajstić information content (AvgIpc) is 2.12. The van der Waals surface area contributed by atoms with Crippen molar-refractivity contribution in [3.63, 3.8) is 0 Å². The summed E-state index contributed by atoms with van der Waals surface area (Å²) >= 11 is 0. The number of hydrogen-bond donors (Lipinski definition) is 2. The van der Waals surface area contributed by atoms with Crippen molar-refractivity contribution in [3.8, 4) is 0 Å². The standard InChI is InChI=1S/C8H17NO4/c1-9-6(8(10)11)4-5-7(12-2)13-3/h6-7,9H,4-5H2,1-3H3,(H,10,11). The van der Waals surface area contributed by atoms with Crippen LogP contribution in [0, 0.1) is 0 Å². The van der Waals surface area contributed by atoms with Gasteiger partial charge in [0.1, 0.15) is 6.04 Å². The molecule has 0 heterocycles.